The summed E-state index contributed by atoms with van der Waals surface area (Å²) in [5, 5.41) is 0. The molecule has 1 aromatic carbocycles. The monoisotopic (exact) mass is 419 g/mol. The lowest BCUT2D eigenvalue weighted by atomic mass is 9.83. The van der Waals surface area contributed by atoms with E-state index >= 15 is 0 Å². The molecule has 7 heteroatoms. The van der Waals surface area contributed by atoms with Crippen molar-refractivity contribution in [1.29, 1.82) is 0 Å². The maximum Gasteiger partial charge on any atom is 0.416 e. The Morgan fingerprint density at radius 2 is 1.80 bits per heavy atom. The molecular formula is C23H28F3N3O. The van der Waals surface area contributed by atoms with Crippen LogP contribution >= 0.6 is 0 Å². The quantitative estimate of drug-likeness (QED) is 0.628. The van der Waals surface area contributed by atoms with Crippen LogP contribution < -0.4 is 0 Å². The normalized spacial score (nSPS) is 18.2. The number of nitrogens with zero attached hydrogens (tertiary/aromatic N) is 3. The van der Waals surface area contributed by atoms with Gasteiger partial charge in [0.05, 0.1) is 12.1 Å². The molecule has 0 aliphatic heterocycles. The summed E-state index contributed by atoms with van der Waals surface area (Å²) in [6.45, 7) is 0.447. The second-order valence-corrected chi connectivity index (χ2v) is 8.51. The lowest BCUT2D eigenvalue weighted by Crippen LogP contribution is -2.46. The van der Waals surface area contributed by atoms with Crippen LogP contribution in [-0.4, -0.2) is 26.4 Å². The number of benzene rings is 1. The molecule has 2 aliphatic carbocycles. The molecule has 2 aromatic rings. The minimum absolute atomic E-state index is 0.0845. The van der Waals surface area contributed by atoms with Gasteiger partial charge in [0.25, 0.3) is 0 Å². The predicted octanol–water partition coefficient (Wildman–Crippen LogP) is 5.41. The summed E-state index contributed by atoms with van der Waals surface area (Å²) in [7, 11) is 0. The van der Waals surface area contributed by atoms with Crippen molar-refractivity contribution in [1.82, 2.24) is 14.5 Å². The lowest BCUT2D eigenvalue weighted by molar-refractivity contribution is -0.142. The molecule has 1 amide bonds. The Hall–Kier alpha value is -2.31. The van der Waals surface area contributed by atoms with Gasteiger partial charge in [0.2, 0.25) is 5.91 Å². The average molecular weight is 419 g/mol. The molecule has 0 atom stereocenters. The van der Waals surface area contributed by atoms with Crippen LogP contribution in [0.4, 0.5) is 13.2 Å². The molecule has 1 aromatic heterocycles. The second-order valence-electron chi connectivity index (χ2n) is 8.51. The van der Waals surface area contributed by atoms with Crippen LogP contribution in [0.25, 0.3) is 0 Å². The lowest BCUT2D eigenvalue weighted by Gasteiger charge is -2.38. The Bertz CT molecular complexity index is 867. The summed E-state index contributed by atoms with van der Waals surface area (Å²) in [6.07, 6.45) is 7.32. The Morgan fingerprint density at radius 1 is 1.07 bits per heavy atom. The van der Waals surface area contributed by atoms with E-state index in [9.17, 15) is 18.0 Å². The van der Waals surface area contributed by atoms with E-state index in [0.717, 1.165) is 51.0 Å². The number of hydrogen-bond acceptors (Lipinski definition) is 2. The average Bonchev–Trinajstić information content (AvgIpc) is 3.11. The van der Waals surface area contributed by atoms with Crippen LogP contribution in [-0.2, 0) is 24.1 Å². The number of amides is 1. The first kappa shape index (κ1) is 20.9. The van der Waals surface area contributed by atoms with Gasteiger partial charge in [0.15, 0.2) is 0 Å². The van der Waals surface area contributed by atoms with E-state index in [1.807, 2.05) is 4.90 Å². The van der Waals surface area contributed by atoms with Gasteiger partial charge in [0, 0.05) is 30.9 Å². The van der Waals surface area contributed by atoms with E-state index in [-0.39, 0.29) is 30.0 Å². The fraction of sp³-hybridized carbons (Fsp3) is 0.565. The molecule has 4 nitrogen and oxygen atoms in total. The highest BCUT2D eigenvalue weighted by Crippen LogP contribution is 2.34. The Balaban J connectivity index is 1.56. The van der Waals surface area contributed by atoms with Gasteiger partial charge < -0.3 is 9.47 Å². The minimum atomic E-state index is -4.40. The summed E-state index contributed by atoms with van der Waals surface area (Å²) < 4.78 is 41.9. The van der Waals surface area contributed by atoms with Gasteiger partial charge in [-0.25, -0.2) is 4.98 Å². The van der Waals surface area contributed by atoms with Crippen molar-refractivity contribution in [3.05, 3.63) is 53.6 Å². The molecule has 2 fully saturated rings. The number of hydrogen-bond donors (Lipinski definition) is 0. The maximum absolute atomic E-state index is 13.4. The molecule has 0 unspecified atom stereocenters. The molecule has 162 valence electrons. The van der Waals surface area contributed by atoms with Gasteiger partial charge in [-0.15, -0.1) is 0 Å². The highest BCUT2D eigenvalue weighted by molar-refractivity contribution is 5.79. The zero-order valence-corrected chi connectivity index (χ0v) is 17.1. The van der Waals surface area contributed by atoms with Crippen molar-refractivity contribution in [3.63, 3.8) is 0 Å². The van der Waals surface area contributed by atoms with Gasteiger partial charge in [-0.1, -0.05) is 43.9 Å². The summed E-state index contributed by atoms with van der Waals surface area (Å²) >= 11 is 0. The first-order valence-corrected chi connectivity index (χ1v) is 10.9. The van der Waals surface area contributed by atoms with Crippen molar-refractivity contribution in [2.24, 2.45) is 5.92 Å². The molecule has 4 rings (SSSR count). The van der Waals surface area contributed by atoms with Crippen LogP contribution in [0.5, 0.6) is 0 Å². The van der Waals surface area contributed by atoms with Crippen LogP contribution in [0, 0.1) is 5.92 Å². The van der Waals surface area contributed by atoms with E-state index in [2.05, 4.69) is 4.98 Å². The fourth-order valence-electron chi connectivity index (χ4n) is 4.58. The van der Waals surface area contributed by atoms with Crippen molar-refractivity contribution in [2.45, 2.75) is 76.7 Å². The number of halogens is 3. The van der Waals surface area contributed by atoms with Gasteiger partial charge >= 0.3 is 6.18 Å². The first-order chi connectivity index (χ1) is 14.4. The Kier molecular flexibility index (Phi) is 6.16. The van der Waals surface area contributed by atoms with Gasteiger partial charge in [-0.3, -0.25) is 4.79 Å². The number of aromatic nitrogens is 2. The summed E-state index contributed by atoms with van der Waals surface area (Å²) in [5.74, 6) is 0.935. The number of carbonyl (C=O) groups is 1. The zero-order valence-electron chi connectivity index (χ0n) is 17.1. The molecule has 0 bridgehead atoms. The molecule has 0 N–H and O–H groups in total. The Labute approximate surface area is 175 Å². The second kappa shape index (κ2) is 8.82. The smallest absolute Gasteiger partial charge is 0.332 e. The molecule has 0 spiro atoms. The van der Waals surface area contributed by atoms with Crippen LogP contribution in [0.1, 0.15) is 68.3 Å². The van der Waals surface area contributed by atoms with Crippen LogP contribution in [0.2, 0.25) is 0 Å². The van der Waals surface area contributed by atoms with E-state index in [4.69, 9.17) is 0 Å². The molecule has 2 aliphatic rings. The highest BCUT2D eigenvalue weighted by Gasteiger charge is 2.35. The van der Waals surface area contributed by atoms with Crippen LogP contribution in [0.3, 0.4) is 0 Å². The van der Waals surface area contributed by atoms with Crippen LogP contribution in [0.15, 0.2) is 36.7 Å². The molecule has 30 heavy (non-hydrogen) atoms. The largest absolute Gasteiger partial charge is 0.416 e. The summed E-state index contributed by atoms with van der Waals surface area (Å²) in [5.41, 5.74) is -0.418. The van der Waals surface area contributed by atoms with E-state index < -0.39 is 11.7 Å². The number of carbonyl (C=O) groups excluding carboxylic acids is 1. The standard InChI is InChI=1S/C23H28F3N3O/c24-23(25,26)20-12-5-4-7-18(20)15-28-14-13-27-21(28)16-29(19-10-2-1-3-11-19)22(30)17-8-6-9-17/h4-5,7,12-14,17,19H,1-3,6,8-11,15-16H2. The minimum Gasteiger partial charge on any atom is -0.332 e. The third-order valence-electron chi connectivity index (χ3n) is 6.53. The van der Waals surface area contributed by atoms with Crippen molar-refractivity contribution in [2.75, 3.05) is 0 Å². The van der Waals surface area contributed by atoms with Gasteiger partial charge in [0.1, 0.15) is 5.82 Å². The molecular weight excluding hydrogens is 391 g/mol. The number of imidazole rings is 1. The first-order valence-electron chi connectivity index (χ1n) is 10.9. The van der Waals surface area contributed by atoms with E-state index in [1.54, 1.807) is 23.0 Å². The van der Waals surface area contributed by atoms with Crippen molar-refractivity contribution >= 4 is 5.91 Å². The number of rotatable bonds is 6. The fourth-order valence-corrected chi connectivity index (χ4v) is 4.58. The zero-order chi connectivity index (χ0) is 21.1. The maximum atomic E-state index is 13.4. The third kappa shape index (κ3) is 4.55. The van der Waals surface area contributed by atoms with Crippen molar-refractivity contribution in [3.8, 4) is 0 Å². The predicted molar refractivity (Wildman–Crippen MR) is 108 cm³/mol. The summed E-state index contributed by atoms with van der Waals surface area (Å²) in [4.78, 5) is 19.5. The third-order valence-corrected chi connectivity index (χ3v) is 6.53. The topological polar surface area (TPSA) is 38.1 Å². The van der Waals surface area contributed by atoms with Gasteiger partial charge in [-0.05, 0) is 37.3 Å². The summed E-state index contributed by atoms with van der Waals surface area (Å²) in [6, 6.07) is 5.85. The SMILES string of the molecule is O=C(C1CCC1)N(Cc1nccn1Cc1ccccc1C(F)(F)F)C1CCCCC1. The van der Waals surface area contributed by atoms with E-state index in [1.165, 1.54) is 18.6 Å². The molecule has 0 radical (unpaired) electrons. The van der Waals surface area contributed by atoms with Crippen molar-refractivity contribution < 1.29 is 18.0 Å². The molecule has 0 saturated heterocycles. The number of alkyl halides is 3. The van der Waals surface area contributed by atoms with Gasteiger partial charge in [-0.2, -0.15) is 13.2 Å². The highest BCUT2D eigenvalue weighted by atomic mass is 19.4. The van der Waals surface area contributed by atoms with E-state index in [0.29, 0.717) is 12.4 Å². The molecule has 2 saturated carbocycles. The molecule has 1 heterocycles. The Morgan fingerprint density at radius 3 is 2.47 bits per heavy atom.